The second-order valence-corrected chi connectivity index (χ2v) is 4.72. The Hall–Kier alpha value is -0.590. The van der Waals surface area contributed by atoms with E-state index in [-0.39, 0.29) is 5.41 Å². The number of fused-ring (bicyclic) bond motifs is 1. The maximum Gasteiger partial charge on any atom is 0.143 e. The third-order valence-corrected chi connectivity index (χ3v) is 3.69. The predicted molar refractivity (Wildman–Crippen MR) is 48.8 cm³/mol. The first-order valence-electron chi connectivity index (χ1n) is 4.75. The lowest BCUT2D eigenvalue weighted by Crippen LogP contribution is -2.42. The van der Waals surface area contributed by atoms with Crippen molar-refractivity contribution in [3.8, 4) is 0 Å². The molecule has 1 atom stereocenters. The van der Waals surface area contributed by atoms with Gasteiger partial charge in [0.1, 0.15) is 5.78 Å². The maximum absolute atomic E-state index is 11.7. The van der Waals surface area contributed by atoms with Crippen molar-refractivity contribution >= 4 is 5.78 Å². The molecule has 2 aliphatic carbocycles. The Kier molecular flexibility index (Phi) is 1.48. The molecule has 1 heteroatoms. The zero-order valence-corrected chi connectivity index (χ0v) is 8.11. The molecule has 0 N–H and O–H groups in total. The zero-order chi connectivity index (χ0) is 8.93. The fourth-order valence-electron chi connectivity index (χ4n) is 2.52. The van der Waals surface area contributed by atoms with Crippen LogP contribution in [0.15, 0.2) is 11.1 Å². The molecule has 0 saturated heterocycles. The summed E-state index contributed by atoms with van der Waals surface area (Å²) in [6.45, 7) is 6.33. The molecule has 0 radical (unpaired) electrons. The maximum atomic E-state index is 11.7. The Morgan fingerprint density at radius 1 is 1.42 bits per heavy atom. The van der Waals surface area contributed by atoms with Crippen molar-refractivity contribution in [2.75, 3.05) is 0 Å². The van der Waals surface area contributed by atoms with Crippen LogP contribution in [-0.4, -0.2) is 5.78 Å². The fraction of sp³-hybridized carbons (Fsp3) is 0.727. The normalized spacial score (nSPS) is 32.9. The lowest BCUT2D eigenvalue weighted by molar-refractivity contribution is -0.130. The van der Waals surface area contributed by atoms with Gasteiger partial charge >= 0.3 is 0 Å². The minimum atomic E-state index is -0.0624. The van der Waals surface area contributed by atoms with Crippen molar-refractivity contribution in [3.63, 3.8) is 0 Å². The molecular formula is C11H16O. The van der Waals surface area contributed by atoms with Crippen molar-refractivity contribution in [2.45, 2.75) is 40.0 Å². The van der Waals surface area contributed by atoms with Crippen LogP contribution in [0.4, 0.5) is 0 Å². The third-order valence-electron chi connectivity index (χ3n) is 3.69. The predicted octanol–water partition coefficient (Wildman–Crippen LogP) is 2.71. The highest BCUT2D eigenvalue weighted by atomic mass is 16.1. The van der Waals surface area contributed by atoms with Crippen molar-refractivity contribution in [1.82, 2.24) is 0 Å². The third kappa shape index (κ3) is 0.825. The largest absolute Gasteiger partial charge is 0.299 e. The minimum absolute atomic E-state index is 0.0624. The van der Waals surface area contributed by atoms with E-state index in [1.54, 1.807) is 5.57 Å². The van der Waals surface area contributed by atoms with Gasteiger partial charge in [-0.1, -0.05) is 25.0 Å². The minimum Gasteiger partial charge on any atom is -0.299 e. The summed E-state index contributed by atoms with van der Waals surface area (Å²) >= 11 is 0. The van der Waals surface area contributed by atoms with E-state index in [1.807, 2.05) is 0 Å². The number of rotatable bonds is 0. The Balaban J connectivity index is 2.40. The van der Waals surface area contributed by atoms with Crippen LogP contribution in [0.1, 0.15) is 40.0 Å². The molecule has 0 bridgehead atoms. The van der Waals surface area contributed by atoms with E-state index >= 15 is 0 Å². The van der Waals surface area contributed by atoms with Gasteiger partial charge in [-0.2, -0.15) is 0 Å². The van der Waals surface area contributed by atoms with Gasteiger partial charge in [-0.25, -0.2) is 0 Å². The van der Waals surface area contributed by atoms with Crippen LogP contribution in [0, 0.1) is 11.3 Å². The molecule has 1 unspecified atom stereocenters. The summed E-state index contributed by atoms with van der Waals surface area (Å²) in [4.78, 5) is 11.7. The summed E-state index contributed by atoms with van der Waals surface area (Å²) in [5.74, 6) is 1.02. The molecule has 0 amide bonds. The SMILES string of the molecule is CC1=C2CCC2C(C)(C)C(=O)C1. The summed E-state index contributed by atoms with van der Waals surface area (Å²) in [6.07, 6.45) is 3.18. The van der Waals surface area contributed by atoms with Gasteiger partial charge in [-0.05, 0) is 25.7 Å². The summed E-state index contributed by atoms with van der Waals surface area (Å²) in [5, 5.41) is 0. The Morgan fingerprint density at radius 3 is 2.58 bits per heavy atom. The molecule has 66 valence electrons. The molecule has 2 rings (SSSR count). The number of allylic oxidation sites excluding steroid dienone is 2. The first-order chi connectivity index (χ1) is 5.53. The van der Waals surface area contributed by atoms with Crippen molar-refractivity contribution in [2.24, 2.45) is 11.3 Å². The molecule has 12 heavy (non-hydrogen) atoms. The number of ketones is 1. The van der Waals surface area contributed by atoms with Gasteiger partial charge in [-0.15, -0.1) is 0 Å². The lowest BCUT2D eigenvalue weighted by atomic mass is 9.57. The number of carbonyl (C=O) groups excluding carboxylic acids is 1. The summed E-state index contributed by atoms with van der Waals surface area (Å²) in [5.41, 5.74) is 2.88. The van der Waals surface area contributed by atoms with Crippen LogP contribution < -0.4 is 0 Å². The van der Waals surface area contributed by atoms with E-state index in [9.17, 15) is 4.79 Å². The molecule has 0 aromatic carbocycles. The molecule has 0 heterocycles. The van der Waals surface area contributed by atoms with Crippen LogP contribution in [-0.2, 0) is 4.79 Å². The number of Topliss-reactive ketones (excluding diaryl/α,β-unsaturated/α-hetero) is 1. The summed E-state index contributed by atoms with van der Waals surface area (Å²) in [7, 11) is 0. The number of hydrogen-bond acceptors (Lipinski definition) is 1. The standard InChI is InChI=1S/C11H16O/c1-7-6-10(12)11(2,3)9-5-4-8(7)9/h9H,4-6H2,1-3H3. The van der Waals surface area contributed by atoms with Crippen LogP contribution >= 0.6 is 0 Å². The Morgan fingerprint density at radius 2 is 2.08 bits per heavy atom. The van der Waals surface area contributed by atoms with Gasteiger partial charge < -0.3 is 0 Å². The van der Waals surface area contributed by atoms with Gasteiger partial charge in [0.2, 0.25) is 0 Å². The fourth-order valence-corrected chi connectivity index (χ4v) is 2.52. The molecule has 1 nitrogen and oxygen atoms in total. The topological polar surface area (TPSA) is 17.1 Å². The molecule has 0 aromatic rings. The highest BCUT2D eigenvalue weighted by Gasteiger charge is 2.46. The van der Waals surface area contributed by atoms with Crippen LogP contribution in [0.2, 0.25) is 0 Å². The van der Waals surface area contributed by atoms with Gasteiger partial charge in [0.25, 0.3) is 0 Å². The first kappa shape index (κ1) is 8.03. The average Bonchev–Trinajstić information content (AvgIpc) is 1.80. The summed E-state index contributed by atoms with van der Waals surface area (Å²) < 4.78 is 0. The zero-order valence-electron chi connectivity index (χ0n) is 8.11. The van der Waals surface area contributed by atoms with Gasteiger partial charge in [0.05, 0.1) is 0 Å². The lowest BCUT2D eigenvalue weighted by Gasteiger charge is -2.46. The van der Waals surface area contributed by atoms with E-state index in [4.69, 9.17) is 0 Å². The molecule has 0 aromatic heterocycles. The van der Waals surface area contributed by atoms with Gasteiger partial charge in [0.15, 0.2) is 0 Å². The first-order valence-corrected chi connectivity index (χ1v) is 4.75. The highest BCUT2D eigenvalue weighted by molar-refractivity contribution is 5.88. The molecule has 1 saturated carbocycles. The van der Waals surface area contributed by atoms with E-state index in [0.717, 1.165) is 0 Å². The number of carbonyl (C=O) groups is 1. The highest BCUT2D eigenvalue weighted by Crippen LogP contribution is 2.51. The van der Waals surface area contributed by atoms with Crippen LogP contribution in [0.25, 0.3) is 0 Å². The second kappa shape index (κ2) is 2.21. The van der Waals surface area contributed by atoms with Crippen molar-refractivity contribution in [1.29, 1.82) is 0 Å². The monoisotopic (exact) mass is 164 g/mol. The van der Waals surface area contributed by atoms with Crippen LogP contribution in [0.5, 0.6) is 0 Å². The van der Waals surface area contributed by atoms with E-state index in [1.165, 1.54) is 18.4 Å². The smallest absolute Gasteiger partial charge is 0.143 e. The van der Waals surface area contributed by atoms with E-state index in [0.29, 0.717) is 18.1 Å². The molecule has 2 aliphatic rings. The van der Waals surface area contributed by atoms with Gasteiger partial charge in [0, 0.05) is 11.8 Å². The second-order valence-electron chi connectivity index (χ2n) is 4.72. The quantitative estimate of drug-likeness (QED) is 0.503. The van der Waals surface area contributed by atoms with Crippen LogP contribution in [0.3, 0.4) is 0 Å². The number of hydrogen-bond donors (Lipinski definition) is 0. The van der Waals surface area contributed by atoms with Gasteiger partial charge in [-0.3, -0.25) is 4.79 Å². The Bertz CT molecular complexity index is 271. The molecular weight excluding hydrogens is 148 g/mol. The molecule has 0 spiro atoms. The average molecular weight is 164 g/mol. The summed E-state index contributed by atoms with van der Waals surface area (Å²) in [6, 6.07) is 0. The van der Waals surface area contributed by atoms with Crippen molar-refractivity contribution in [3.05, 3.63) is 11.1 Å². The molecule has 0 aliphatic heterocycles. The van der Waals surface area contributed by atoms with E-state index in [2.05, 4.69) is 20.8 Å². The van der Waals surface area contributed by atoms with E-state index < -0.39 is 0 Å². The van der Waals surface area contributed by atoms with Crippen molar-refractivity contribution < 1.29 is 4.79 Å². The Labute approximate surface area is 73.8 Å². The molecule has 1 fully saturated rings.